The van der Waals surface area contributed by atoms with Crippen molar-refractivity contribution >= 4 is 35.6 Å². The highest BCUT2D eigenvalue weighted by Gasteiger charge is 2.32. The largest absolute Gasteiger partial charge is 0.416 e. The molecule has 33 heavy (non-hydrogen) atoms. The first-order valence-electron chi connectivity index (χ1n) is 10.6. The zero-order chi connectivity index (χ0) is 22.6. The Morgan fingerprint density at radius 1 is 1.21 bits per heavy atom. The quantitative estimate of drug-likeness (QED) is 0.284. The standard InChI is InChI=1S/C22H25F3N6O.HI/c1-2-26-21(27-10-9-20-29-28-19-8-3-4-11-31(19)20)30-12-13-32-18(15-30)16-6-5-7-17(14-16)22(23,24)25;/h3-8,11,14,18H,2,9-10,12-13,15H2,1H3,(H,26,27);1H. The summed E-state index contributed by atoms with van der Waals surface area (Å²) in [6.07, 6.45) is -2.31. The average molecular weight is 574 g/mol. The van der Waals surface area contributed by atoms with Gasteiger partial charge in [0.2, 0.25) is 0 Å². The smallest absolute Gasteiger partial charge is 0.370 e. The third kappa shape index (κ3) is 6.14. The zero-order valence-electron chi connectivity index (χ0n) is 18.1. The summed E-state index contributed by atoms with van der Waals surface area (Å²) in [6, 6.07) is 11.1. The highest BCUT2D eigenvalue weighted by Crippen LogP contribution is 2.32. The Bertz CT molecular complexity index is 1090. The molecular weight excluding hydrogens is 548 g/mol. The van der Waals surface area contributed by atoms with Crippen molar-refractivity contribution in [1.29, 1.82) is 0 Å². The highest BCUT2D eigenvalue weighted by atomic mass is 127. The second kappa shape index (κ2) is 11.1. The Hall–Kier alpha value is -2.41. The van der Waals surface area contributed by atoms with Crippen molar-refractivity contribution in [3.8, 4) is 0 Å². The van der Waals surface area contributed by atoms with Gasteiger partial charge in [-0.1, -0.05) is 18.2 Å². The molecule has 1 aliphatic rings. The highest BCUT2D eigenvalue weighted by molar-refractivity contribution is 14.0. The summed E-state index contributed by atoms with van der Waals surface area (Å²) in [4.78, 5) is 6.75. The number of rotatable bonds is 5. The van der Waals surface area contributed by atoms with Crippen LogP contribution in [0.25, 0.3) is 5.65 Å². The Morgan fingerprint density at radius 3 is 2.85 bits per heavy atom. The number of aromatic nitrogens is 3. The van der Waals surface area contributed by atoms with E-state index in [9.17, 15) is 13.2 Å². The third-order valence-electron chi connectivity index (χ3n) is 5.27. The monoisotopic (exact) mass is 574 g/mol. The molecule has 1 N–H and O–H groups in total. The number of alkyl halides is 3. The van der Waals surface area contributed by atoms with E-state index < -0.39 is 17.8 Å². The Labute approximate surface area is 207 Å². The maximum Gasteiger partial charge on any atom is 0.416 e. The minimum Gasteiger partial charge on any atom is -0.370 e. The number of hydrogen-bond donors (Lipinski definition) is 1. The summed E-state index contributed by atoms with van der Waals surface area (Å²) in [6.45, 7) is 4.59. The van der Waals surface area contributed by atoms with Gasteiger partial charge in [-0.15, -0.1) is 34.2 Å². The molecule has 3 heterocycles. The van der Waals surface area contributed by atoms with E-state index >= 15 is 0 Å². The first kappa shape index (κ1) is 25.2. The van der Waals surface area contributed by atoms with E-state index in [0.29, 0.717) is 50.7 Å². The number of ether oxygens (including phenoxy) is 1. The molecule has 0 radical (unpaired) electrons. The number of nitrogens with one attached hydrogen (secondary N) is 1. The van der Waals surface area contributed by atoms with Gasteiger partial charge in [0.05, 0.1) is 18.7 Å². The van der Waals surface area contributed by atoms with Crippen molar-refractivity contribution in [2.24, 2.45) is 4.99 Å². The first-order chi connectivity index (χ1) is 15.5. The second-order valence-corrected chi connectivity index (χ2v) is 7.46. The number of pyridine rings is 1. The van der Waals surface area contributed by atoms with Gasteiger partial charge in [0.1, 0.15) is 11.9 Å². The van der Waals surface area contributed by atoms with Crippen molar-refractivity contribution < 1.29 is 17.9 Å². The predicted octanol–water partition coefficient (Wildman–Crippen LogP) is 3.95. The summed E-state index contributed by atoms with van der Waals surface area (Å²) < 4.78 is 47.0. The molecule has 1 unspecified atom stereocenters. The van der Waals surface area contributed by atoms with Crippen molar-refractivity contribution in [2.75, 3.05) is 32.8 Å². The van der Waals surface area contributed by atoms with Gasteiger partial charge in [0, 0.05) is 32.3 Å². The first-order valence-corrected chi connectivity index (χ1v) is 10.6. The maximum atomic E-state index is 13.1. The molecule has 11 heteroatoms. The molecule has 1 aromatic carbocycles. The van der Waals surface area contributed by atoms with Crippen LogP contribution in [0.15, 0.2) is 53.7 Å². The summed E-state index contributed by atoms with van der Waals surface area (Å²) in [5, 5.41) is 11.7. The van der Waals surface area contributed by atoms with E-state index in [-0.39, 0.29) is 24.0 Å². The number of nitrogens with zero attached hydrogens (tertiary/aromatic N) is 5. The summed E-state index contributed by atoms with van der Waals surface area (Å²) in [5.41, 5.74) is 0.627. The van der Waals surface area contributed by atoms with Crippen LogP contribution in [0.2, 0.25) is 0 Å². The van der Waals surface area contributed by atoms with Gasteiger partial charge in [0.25, 0.3) is 0 Å². The lowest BCUT2D eigenvalue weighted by molar-refractivity contribution is -0.137. The van der Waals surface area contributed by atoms with Crippen molar-refractivity contribution in [1.82, 2.24) is 24.8 Å². The fourth-order valence-corrected chi connectivity index (χ4v) is 3.71. The number of guanidine groups is 1. The molecule has 1 aliphatic heterocycles. The lowest BCUT2D eigenvalue weighted by atomic mass is 10.0. The lowest BCUT2D eigenvalue weighted by Crippen LogP contribution is -2.48. The molecule has 3 aromatic rings. The molecule has 2 aromatic heterocycles. The average Bonchev–Trinajstić information content (AvgIpc) is 3.21. The predicted molar refractivity (Wildman–Crippen MR) is 130 cm³/mol. The van der Waals surface area contributed by atoms with Gasteiger partial charge in [-0.25, -0.2) is 0 Å². The van der Waals surface area contributed by atoms with Gasteiger partial charge in [-0.05, 0) is 36.8 Å². The number of aliphatic imine (C=N–C) groups is 1. The summed E-state index contributed by atoms with van der Waals surface area (Å²) in [7, 11) is 0. The summed E-state index contributed by atoms with van der Waals surface area (Å²) in [5.74, 6) is 1.53. The van der Waals surface area contributed by atoms with Crippen molar-refractivity contribution in [3.05, 3.63) is 65.6 Å². The number of halogens is 4. The molecule has 0 aliphatic carbocycles. The number of fused-ring (bicyclic) bond motifs is 1. The molecule has 7 nitrogen and oxygen atoms in total. The SMILES string of the molecule is CCNC(=NCCc1nnc2ccccn12)N1CCOC(c2cccc(C(F)(F)F)c2)C1.I. The van der Waals surface area contributed by atoms with E-state index in [1.165, 1.54) is 6.07 Å². The van der Waals surface area contributed by atoms with Crippen LogP contribution in [0, 0.1) is 0 Å². The molecule has 178 valence electrons. The third-order valence-corrected chi connectivity index (χ3v) is 5.27. The Kier molecular flexibility index (Phi) is 8.51. The van der Waals surface area contributed by atoms with E-state index in [4.69, 9.17) is 9.73 Å². The van der Waals surface area contributed by atoms with E-state index in [0.717, 1.165) is 23.6 Å². The summed E-state index contributed by atoms with van der Waals surface area (Å²) >= 11 is 0. The molecule has 1 fully saturated rings. The van der Waals surface area contributed by atoms with Crippen LogP contribution in [0.5, 0.6) is 0 Å². The van der Waals surface area contributed by atoms with Gasteiger partial charge >= 0.3 is 6.18 Å². The molecule has 0 amide bonds. The van der Waals surface area contributed by atoms with Crippen LogP contribution in [0.1, 0.15) is 30.0 Å². The molecule has 1 atom stereocenters. The minimum absolute atomic E-state index is 0. The number of benzene rings is 1. The Balaban J connectivity index is 0.00000306. The molecule has 0 spiro atoms. The van der Waals surface area contributed by atoms with E-state index in [1.807, 2.05) is 40.6 Å². The van der Waals surface area contributed by atoms with Gasteiger partial charge in [-0.3, -0.25) is 9.39 Å². The van der Waals surface area contributed by atoms with Crippen molar-refractivity contribution in [2.45, 2.75) is 25.6 Å². The topological polar surface area (TPSA) is 67.0 Å². The van der Waals surface area contributed by atoms with Crippen LogP contribution in [-0.4, -0.2) is 58.2 Å². The van der Waals surface area contributed by atoms with Crippen LogP contribution in [0.4, 0.5) is 13.2 Å². The zero-order valence-corrected chi connectivity index (χ0v) is 20.5. The lowest BCUT2D eigenvalue weighted by Gasteiger charge is -2.35. The van der Waals surface area contributed by atoms with Crippen molar-refractivity contribution in [3.63, 3.8) is 0 Å². The second-order valence-electron chi connectivity index (χ2n) is 7.46. The fraction of sp³-hybridized carbons (Fsp3) is 0.409. The number of hydrogen-bond acceptors (Lipinski definition) is 4. The van der Waals surface area contributed by atoms with Crippen LogP contribution in [0.3, 0.4) is 0 Å². The van der Waals surface area contributed by atoms with Gasteiger partial charge in [0.15, 0.2) is 11.6 Å². The molecule has 1 saturated heterocycles. The molecular formula is C22H26F3IN6O. The van der Waals surface area contributed by atoms with Gasteiger partial charge in [-0.2, -0.15) is 13.2 Å². The van der Waals surface area contributed by atoms with Crippen LogP contribution < -0.4 is 5.32 Å². The normalized spacial score (nSPS) is 17.2. The van der Waals surface area contributed by atoms with Gasteiger partial charge < -0.3 is 15.0 Å². The van der Waals surface area contributed by atoms with Crippen LogP contribution >= 0.6 is 24.0 Å². The molecule has 0 saturated carbocycles. The molecule has 4 rings (SSSR count). The van der Waals surface area contributed by atoms with E-state index in [2.05, 4.69) is 15.5 Å². The fourth-order valence-electron chi connectivity index (χ4n) is 3.71. The molecule has 0 bridgehead atoms. The minimum atomic E-state index is -4.38. The van der Waals surface area contributed by atoms with Crippen LogP contribution in [-0.2, 0) is 17.3 Å². The Morgan fingerprint density at radius 2 is 2.06 bits per heavy atom. The number of morpholine rings is 1. The maximum absolute atomic E-state index is 13.1. The van der Waals surface area contributed by atoms with E-state index in [1.54, 1.807) is 6.07 Å².